The molecule has 0 fully saturated rings. The summed E-state index contributed by atoms with van der Waals surface area (Å²) in [7, 11) is 0. The van der Waals surface area contributed by atoms with Crippen LogP contribution in [0, 0.1) is 0 Å². The van der Waals surface area contributed by atoms with Gasteiger partial charge in [-0.15, -0.1) is 0 Å². The van der Waals surface area contributed by atoms with Gasteiger partial charge in [-0.25, -0.2) is 4.79 Å². The molecule has 1 N–H and O–H groups in total. The number of carbonyl (C=O) groups excluding carboxylic acids is 1. The molecule has 0 aromatic heterocycles. The van der Waals surface area contributed by atoms with Gasteiger partial charge in [0.2, 0.25) is 5.55 Å². The Balaban J connectivity index is 1.92. The van der Waals surface area contributed by atoms with E-state index < -0.39 is 22.8 Å². The van der Waals surface area contributed by atoms with Gasteiger partial charge in [-0.3, -0.25) is 9.36 Å². The number of carbonyl (C=O) groups is 2. The third-order valence-corrected chi connectivity index (χ3v) is 13.5. The largest absolute Gasteiger partial charge is 0.480 e. The number of hydrogen-bond acceptors (Lipinski definition) is 6. The molecule has 5 nitrogen and oxygen atoms in total. The van der Waals surface area contributed by atoms with Gasteiger partial charge in [0.25, 0.3) is 5.24 Å². The second kappa shape index (κ2) is 13.8. The van der Waals surface area contributed by atoms with Crippen molar-refractivity contribution >= 4 is 74.5 Å². The van der Waals surface area contributed by atoms with Crippen molar-refractivity contribution in [3.63, 3.8) is 0 Å². The third-order valence-electron chi connectivity index (χ3n) is 4.93. The van der Waals surface area contributed by atoms with Crippen LogP contribution < -0.4 is 0 Å². The molecule has 0 heterocycles. The number of aliphatic carboxylic acids is 1. The van der Waals surface area contributed by atoms with Crippen LogP contribution in [0.1, 0.15) is 18.9 Å². The van der Waals surface area contributed by atoms with E-state index in [1.165, 1.54) is 4.90 Å². The second-order valence-corrected chi connectivity index (χ2v) is 17.6. The van der Waals surface area contributed by atoms with Gasteiger partial charge in [0, 0.05) is 25.6 Å². The second-order valence-electron chi connectivity index (χ2n) is 7.61. The Bertz CT molecular complexity index is 1160. The van der Waals surface area contributed by atoms with E-state index in [0.29, 0.717) is 25.6 Å². The van der Waals surface area contributed by atoms with Crippen LogP contribution in [0.2, 0.25) is 10.0 Å². The Labute approximate surface area is 233 Å². The molecule has 3 rings (SSSR count). The molecule has 3 aromatic rings. The zero-order valence-corrected chi connectivity index (χ0v) is 24.1. The van der Waals surface area contributed by atoms with E-state index in [-0.39, 0.29) is 12.7 Å². The summed E-state index contributed by atoms with van der Waals surface area (Å²) in [4.78, 5) is 28.1. The third kappa shape index (κ3) is 8.79. The highest BCUT2D eigenvalue weighted by atomic mass is 35.5. The van der Waals surface area contributed by atoms with Crippen molar-refractivity contribution in [2.45, 2.75) is 34.9 Å². The molecule has 1 unspecified atom stereocenters. The molecule has 1 amide bonds. The number of thioether (sulfide) groups is 1. The van der Waals surface area contributed by atoms with Gasteiger partial charge < -0.3 is 10.0 Å². The van der Waals surface area contributed by atoms with Gasteiger partial charge in [0.05, 0.1) is 6.29 Å². The predicted octanol–water partition coefficient (Wildman–Crippen LogP) is 9.25. The van der Waals surface area contributed by atoms with E-state index in [0.717, 1.165) is 40.1 Å². The molecule has 0 aliphatic rings. The molecular weight excluding hydrogens is 576 g/mol. The van der Waals surface area contributed by atoms with E-state index in [2.05, 4.69) is 0 Å². The quantitative estimate of drug-likeness (QED) is 0.220. The van der Waals surface area contributed by atoms with Gasteiger partial charge in [0.15, 0.2) is 0 Å². The standard InChI is InChI=1S/C25H24Cl2NO4PS3/c1-2-23(24(29)30)28(25(31)34-16-18-6-4-3-5-7-18)17-33(32,35-21-12-8-19(26)9-13-21)36-22-14-10-20(27)11-15-22/h3-15,23H,2,16-17H2,1H3,(H,29,30). The first-order valence-corrected chi connectivity index (χ1v) is 17.4. The Kier molecular flexibility index (Phi) is 11.2. The normalized spacial score (nSPS) is 12.2. The fraction of sp³-hybridized carbons (Fsp3) is 0.200. The van der Waals surface area contributed by atoms with Crippen LogP contribution in [0.3, 0.4) is 0 Å². The highest BCUT2D eigenvalue weighted by Crippen LogP contribution is 2.73. The molecule has 0 aliphatic heterocycles. The number of carboxylic acids is 1. The zero-order valence-electron chi connectivity index (χ0n) is 19.3. The summed E-state index contributed by atoms with van der Waals surface area (Å²) in [5.41, 5.74) is -2.39. The Morgan fingerprint density at radius 2 is 1.39 bits per heavy atom. The molecule has 0 aliphatic carbocycles. The first-order chi connectivity index (χ1) is 17.2. The van der Waals surface area contributed by atoms with E-state index in [4.69, 9.17) is 23.2 Å². The molecule has 11 heteroatoms. The lowest BCUT2D eigenvalue weighted by Gasteiger charge is -2.31. The van der Waals surface area contributed by atoms with E-state index in [1.807, 2.05) is 30.3 Å². The van der Waals surface area contributed by atoms with Crippen molar-refractivity contribution in [1.29, 1.82) is 0 Å². The van der Waals surface area contributed by atoms with Gasteiger partial charge >= 0.3 is 5.97 Å². The van der Waals surface area contributed by atoms with Crippen molar-refractivity contribution in [2.24, 2.45) is 0 Å². The average Bonchev–Trinajstić information content (AvgIpc) is 2.86. The molecule has 0 saturated carbocycles. The summed E-state index contributed by atoms with van der Waals surface area (Å²) >= 11 is 15.3. The Morgan fingerprint density at radius 1 is 0.889 bits per heavy atom. The lowest BCUT2D eigenvalue weighted by Crippen LogP contribution is -2.43. The summed E-state index contributed by atoms with van der Waals surface area (Å²) in [6.45, 7) is 1.70. The maximum atomic E-state index is 14.4. The predicted molar refractivity (Wildman–Crippen MR) is 154 cm³/mol. The summed E-state index contributed by atoms with van der Waals surface area (Å²) in [5, 5.41) is 10.5. The van der Waals surface area contributed by atoms with Gasteiger partial charge in [-0.05, 0) is 83.3 Å². The SMILES string of the molecule is CCC(C(=O)O)N(CP(=O)(Sc1ccc(Cl)cc1)Sc1ccc(Cl)cc1)C(=O)SCc1ccccc1. The van der Waals surface area contributed by atoms with Crippen molar-refractivity contribution in [2.75, 3.05) is 6.29 Å². The van der Waals surface area contributed by atoms with Crippen LogP contribution in [0.25, 0.3) is 0 Å². The topological polar surface area (TPSA) is 74.7 Å². The number of carboxylic acid groups (broad SMARTS) is 1. The molecule has 0 saturated heterocycles. The summed E-state index contributed by atoms with van der Waals surface area (Å²) in [5.74, 6) is -0.753. The minimum atomic E-state index is -3.33. The monoisotopic (exact) mass is 599 g/mol. The van der Waals surface area contributed by atoms with Gasteiger partial charge in [-0.1, -0.05) is 72.2 Å². The minimum Gasteiger partial charge on any atom is -0.480 e. The van der Waals surface area contributed by atoms with E-state index in [9.17, 15) is 19.3 Å². The Morgan fingerprint density at radius 3 is 1.83 bits per heavy atom. The van der Waals surface area contributed by atoms with Gasteiger partial charge in [0.1, 0.15) is 6.04 Å². The summed E-state index contributed by atoms with van der Waals surface area (Å²) in [6.07, 6.45) is -0.0385. The van der Waals surface area contributed by atoms with Crippen molar-refractivity contribution in [3.8, 4) is 0 Å². The lowest BCUT2D eigenvalue weighted by atomic mass is 10.2. The molecule has 36 heavy (non-hydrogen) atoms. The van der Waals surface area contributed by atoms with E-state index in [1.54, 1.807) is 55.5 Å². The van der Waals surface area contributed by atoms with E-state index >= 15 is 0 Å². The Hall–Kier alpha value is -1.54. The zero-order chi connectivity index (χ0) is 26.1. The maximum absolute atomic E-state index is 14.4. The van der Waals surface area contributed by atoms with Crippen LogP contribution in [0.15, 0.2) is 88.7 Å². The fourth-order valence-corrected chi connectivity index (χ4v) is 12.1. The summed E-state index contributed by atoms with van der Waals surface area (Å²) in [6, 6.07) is 22.2. The number of amides is 1. The first kappa shape index (κ1) is 29.0. The number of benzene rings is 3. The first-order valence-electron chi connectivity index (χ1n) is 10.9. The summed E-state index contributed by atoms with van der Waals surface area (Å²) < 4.78 is 14.4. The van der Waals surface area contributed by atoms with Crippen LogP contribution in [-0.4, -0.2) is 33.5 Å². The number of halogens is 2. The van der Waals surface area contributed by atoms with Crippen molar-refractivity contribution < 1.29 is 19.3 Å². The fourth-order valence-electron chi connectivity index (χ4n) is 3.19. The molecule has 190 valence electrons. The highest BCUT2D eigenvalue weighted by Gasteiger charge is 2.37. The molecule has 0 spiro atoms. The molecule has 3 aromatic carbocycles. The smallest absolute Gasteiger partial charge is 0.326 e. The van der Waals surface area contributed by atoms with Crippen molar-refractivity contribution in [1.82, 2.24) is 4.90 Å². The molecular formula is C25H24Cl2NO4PS3. The average molecular weight is 601 g/mol. The number of hydrogen-bond donors (Lipinski definition) is 1. The molecule has 0 bridgehead atoms. The number of rotatable bonds is 11. The number of nitrogens with zero attached hydrogens (tertiary/aromatic N) is 1. The van der Waals surface area contributed by atoms with Crippen LogP contribution >= 0.6 is 63.3 Å². The highest BCUT2D eigenvalue weighted by molar-refractivity contribution is 8.90. The molecule has 1 atom stereocenters. The van der Waals surface area contributed by atoms with Crippen LogP contribution in [0.4, 0.5) is 4.79 Å². The maximum Gasteiger partial charge on any atom is 0.326 e. The lowest BCUT2D eigenvalue weighted by molar-refractivity contribution is -0.141. The molecule has 0 radical (unpaired) electrons. The van der Waals surface area contributed by atoms with Crippen molar-refractivity contribution in [3.05, 3.63) is 94.5 Å². The van der Waals surface area contributed by atoms with Crippen LogP contribution in [0.5, 0.6) is 0 Å². The minimum absolute atomic E-state index is 0.185. The van der Waals surface area contributed by atoms with Gasteiger partial charge in [-0.2, -0.15) is 0 Å². The van der Waals surface area contributed by atoms with Crippen LogP contribution in [-0.2, 0) is 15.1 Å².